The molecule has 0 saturated carbocycles. The molecule has 1 fully saturated rings. The van der Waals surface area contributed by atoms with Gasteiger partial charge in [0, 0.05) is 5.56 Å². The number of amides is 1. The van der Waals surface area contributed by atoms with Gasteiger partial charge in [-0.1, -0.05) is 30.3 Å². The molecule has 3 rings (SSSR count). The summed E-state index contributed by atoms with van der Waals surface area (Å²) in [5.74, 6) is 0.475. The molecule has 0 radical (unpaired) electrons. The van der Waals surface area contributed by atoms with Gasteiger partial charge in [-0.15, -0.1) is 0 Å². The summed E-state index contributed by atoms with van der Waals surface area (Å²) in [7, 11) is 0. The van der Waals surface area contributed by atoms with Crippen molar-refractivity contribution in [3.63, 3.8) is 0 Å². The molecule has 0 bridgehead atoms. The Bertz CT molecular complexity index is 884. The van der Waals surface area contributed by atoms with Crippen molar-refractivity contribution in [2.45, 2.75) is 58.6 Å². The van der Waals surface area contributed by atoms with Crippen LogP contribution in [0.15, 0.2) is 54.6 Å². The number of ether oxygens (including phenoxy) is 3. The fraction of sp³-hybridized carbons (Fsp3) is 0.417. The summed E-state index contributed by atoms with van der Waals surface area (Å²) in [5, 5.41) is 0. The molecule has 0 spiro atoms. The van der Waals surface area contributed by atoms with Crippen molar-refractivity contribution in [2.24, 2.45) is 0 Å². The number of Topliss-reactive ketones (excluding diaryl/α,β-unsaturated/α-hetero) is 1. The maximum absolute atomic E-state index is 13.1. The molecule has 6 nitrogen and oxygen atoms in total. The first kappa shape index (κ1) is 21.8. The van der Waals surface area contributed by atoms with E-state index in [-0.39, 0.29) is 12.4 Å². The first-order valence-corrected chi connectivity index (χ1v) is 10.0. The van der Waals surface area contributed by atoms with Crippen LogP contribution in [0.5, 0.6) is 5.75 Å². The number of hydrogen-bond donors (Lipinski definition) is 0. The zero-order valence-corrected chi connectivity index (χ0v) is 18.2. The average Bonchev–Trinajstić information content (AvgIpc) is 3.01. The van der Waals surface area contributed by atoms with Crippen molar-refractivity contribution in [2.75, 3.05) is 6.61 Å². The van der Waals surface area contributed by atoms with E-state index in [4.69, 9.17) is 14.2 Å². The second kappa shape index (κ2) is 8.48. The van der Waals surface area contributed by atoms with Gasteiger partial charge >= 0.3 is 6.09 Å². The highest BCUT2D eigenvalue weighted by Crippen LogP contribution is 2.31. The fourth-order valence-electron chi connectivity index (χ4n) is 3.30. The van der Waals surface area contributed by atoms with E-state index >= 15 is 0 Å². The highest BCUT2D eigenvalue weighted by atomic mass is 16.6. The first-order valence-electron chi connectivity index (χ1n) is 10.0. The maximum atomic E-state index is 13.1. The average molecular weight is 411 g/mol. The zero-order valence-electron chi connectivity index (χ0n) is 18.2. The minimum Gasteiger partial charge on any atom is -0.489 e. The van der Waals surface area contributed by atoms with Crippen LogP contribution in [-0.2, 0) is 16.1 Å². The van der Waals surface area contributed by atoms with Crippen molar-refractivity contribution in [1.82, 2.24) is 4.90 Å². The molecular formula is C24H29NO5. The summed E-state index contributed by atoms with van der Waals surface area (Å²) in [6.07, 6.45) is -0.564. The van der Waals surface area contributed by atoms with Crippen LogP contribution in [0.1, 0.15) is 50.5 Å². The van der Waals surface area contributed by atoms with E-state index in [0.29, 0.717) is 17.9 Å². The Kier molecular flexibility index (Phi) is 6.17. The van der Waals surface area contributed by atoms with Gasteiger partial charge in [-0.2, -0.15) is 0 Å². The van der Waals surface area contributed by atoms with Crippen molar-refractivity contribution in [1.29, 1.82) is 0 Å². The van der Waals surface area contributed by atoms with Crippen molar-refractivity contribution < 1.29 is 23.8 Å². The molecule has 1 atom stereocenters. The Morgan fingerprint density at radius 2 is 1.70 bits per heavy atom. The number of nitrogens with zero attached hydrogens (tertiary/aromatic N) is 1. The Balaban J connectivity index is 1.70. The van der Waals surface area contributed by atoms with Crippen LogP contribution in [0.25, 0.3) is 0 Å². The monoisotopic (exact) mass is 411 g/mol. The third-order valence-corrected chi connectivity index (χ3v) is 4.77. The summed E-state index contributed by atoms with van der Waals surface area (Å²) in [4.78, 5) is 27.3. The predicted octanol–water partition coefficient (Wildman–Crippen LogP) is 4.82. The number of hydrogen-bond acceptors (Lipinski definition) is 5. The quantitative estimate of drug-likeness (QED) is 0.660. The highest BCUT2D eigenvalue weighted by molar-refractivity contribution is 6.02. The normalized spacial score (nSPS) is 18.2. The molecule has 1 amide bonds. The molecule has 0 aliphatic carbocycles. The predicted molar refractivity (Wildman–Crippen MR) is 113 cm³/mol. The van der Waals surface area contributed by atoms with Crippen LogP contribution < -0.4 is 4.74 Å². The van der Waals surface area contributed by atoms with E-state index in [2.05, 4.69) is 0 Å². The molecule has 2 aromatic carbocycles. The van der Waals surface area contributed by atoms with E-state index in [9.17, 15) is 9.59 Å². The minimum atomic E-state index is -0.929. The lowest BCUT2D eigenvalue weighted by Crippen LogP contribution is -2.52. The van der Waals surface area contributed by atoms with E-state index in [0.717, 1.165) is 5.56 Å². The zero-order chi connectivity index (χ0) is 21.9. The standard InChI is InChI=1S/C24H29NO5/c1-23(2,3)30-22(27)25-20(16-29-24(25,4)5)21(26)18-11-13-19(14-12-18)28-15-17-9-7-6-8-10-17/h6-14,20H,15-16H2,1-5H3/t20-/m1/s1. The maximum Gasteiger partial charge on any atom is 0.413 e. The summed E-state index contributed by atoms with van der Waals surface area (Å²) in [5.41, 5.74) is -0.0411. The van der Waals surface area contributed by atoms with Crippen LogP contribution in [0.4, 0.5) is 4.79 Å². The first-order chi connectivity index (χ1) is 14.1. The van der Waals surface area contributed by atoms with Crippen molar-refractivity contribution in [3.05, 3.63) is 65.7 Å². The number of rotatable bonds is 5. The van der Waals surface area contributed by atoms with E-state index in [1.807, 2.05) is 30.3 Å². The molecule has 2 aromatic rings. The summed E-state index contributed by atoms with van der Waals surface area (Å²) < 4.78 is 17.0. The molecule has 6 heteroatoms. The molecule has 30 heavy (non-hydrogen) atoms. The fourth-order valence-corrected chi connectivity index (χ4v) is 3.30. The topological polar surface area (TPSA) is 65.1 Å². The van der Waals surface area contributed by atoms with Crippen LogP contribution >= 0.6 is 0 Å². The molecule has 1 aliphatic heterocycles. The van der Waals surface area contributed by atoms with Gasteiger partial charge in [-0.25, -0.2) is 4.79 Å². The molecule has 160 valence electrons. The summed E-state index contributed by atoms with van der Waals surface area (Å²) >= 11 is 0. The Hall–Kier alpha value is -2.86. The van der Waals surface area contributed by atoms with Crippen molar-refractivity contribution in [3.8, 4) is 5.75 Å². The van der Waals surface area contributed by atoms with Gasteiger partial charge in [0.05, 0.1) is 6.61 Å². The molecule has 0 N–H and O–H groups in total. The Morgan fingerprint density at radius 3 is 2.30 bits per heavy atom. The Morgan fingerprint density at radius 1 is 1.07 bits per heavy atom. The van der Waals surface area contributed by atoms with Crippen LogP contribution in [0.3, 0.4) is 0 Å². The second-order valence-corrected chi connectivity index (χ2v) is 8.79. The van der Waals surface area contributed by atoms with E-state index < -0.39 is 23.5 Å². The lowest BCUT2D eigenvalue weighted by Gasteiger charge is -2.34. The molecule has 0 aromatic heterocycles. The number of ketones is 1. The van der Waals surface area contributed by atoms with Gasteiger partial charge in [0.1, 0.15) is 29.7 Å². The van der Waals surface area contributed by atoms with Crippen LogP contribution in [0, 0.1) is 0 Å². The number of benzene rings is 2. The van der Waals surface area contributed by atoms with Gasteiger partial charge in [-0.3, -0.25) is 9.69 Å². The third-order valence-electron chi connectivity index (χ3n) is 4.77. The van der Waals surface area contributed by atoms with Crippen LogP contribution in [-0.4, -0.2) is 40.8 Å². The van der Waals surface area contributed by atoms with E-state index in [1.54, 1.807) is 58.9 Å². The minimum absolute atomic E-state index is 0.122. The second-order valence-electron chi connectivity index (χ2n) is 8.79. The number of carbonyl (C=O) groups excluding carboxylic acids is 2. The SMILES string of the molecule is CC(C)(C)OC(=O)N1[C@@H](C(=O)c2ccc(OCc3ccccc3)cc2)COC1(C)C. The highest BCUT2D eigenvalue weighted by Gasteiger charge is 2.48. The van der Waals surface area contributed by atoms with Gasteiger partial charge in [0.25, 0.3) is 0 Å². The van der Waals surface area contributed by atoms with Crippen molar-refractivity contribution >= 4 is 11.9 Å². The van der Waals surface area contributed by atoms with E-state index in [1.165, 1.54) is 4.90 Å². The van der Waals surface area contributed by atoms with Gasteiger partial charge in [-0.05, 0) is 64.4 Å². The van der Waals surface area contributed by atoms with Gasteiger partial charge in [0.15, 0.2) is 5.78 Å². The molecule has 0 unspecified atom stereocenters. The lowest BCUT2D eigenvalue weighted by molar-refractivity contribution is -0.0615. The smallest absolute Gasteiger partial charge is 0.413 e. The van der Waals surface area contributed by atoms with Gasteiger partial charge in [0.2, 0.25) is 0 Å². The summed E-state index contributed by atoms with van der Waals surface area (Å²) in [6.45, 7) is 9.46. The third kappa shape index (κ3) is 5.19. The Labute approximate surface area is 177 Å². The molecule has 1 saturated heterocycles. The largest absolute Gasteiger partial charge is 0.489 e. The van der Waals surface area contributed by atoms with Crippen LogP contribution in [0.2, 0.25) is 0 Å². The summed E-state index contributed by atoms with van der Waals surface area (Å²) in [6, 6.07) is 16.1. The molecular weight excluding hydrogens is 382 g/mol. The molecule has 1 aliphatic rings. The lowest BCUT2D eigenvalue weighted by atomic mass is 10.0. The van der Waals surface area contributed by atoms with Gasteiger partial charge < -0.3 is 14.2 Å². The number of carbonyl (C=O) groups is 2. The molecule has 1 heterocycles.